The molecular weight excluding hydrogens is 687 g/mol. The Hall–Kier alpha value is -7.01. The summed E-state index contributed by atoms with van der Waals surface area (Å²) in [4.78, 5) is 15.7. The van der Waals surface area contributed by atoms with Crippen molar-refractivity contribution >= 4 is 31.5 Å². The second-order valence-corrected chi connectivity index (χ2v) is 14.7. The van der Waals surface area contributed by atoms with Crippen LogP contribution in [0.2, 0.25) is 0 Å². The van der Waals surface area contributed by atoms with Crippen molar-refractivity contribution in [3.63, 3.8) is 0 Å². The van der Waals surface area contributed by atoms with Crippen LogP contribution < -0.4 is 0 Å². The first-order valence-electron chi connectivity index (χ1n) is 18.4. The number of benzene rings is 8. The van der Waals surface area contributed by atoms with E-state index in [-0.39, 0.29) is 0 Å². The molecule has 4 heteroatoms. The molecule has 0 aliphatic carbocycles. The van der Waals surface area contributed by atoms with Gasteiger partial charge in [0.15, 0.2) is 17.5 Å². The predicted octanol–water partition coefficient (Wildman–Crippen LogP) is 13.9. The van der Waals surface area contributed by atoms with Crippen molar-refractivity contribution in [3.05, 3.63) is 200 Å². The molecule has 258 valence electrons. The zero-order valence-corrected chi connectivity index (χ0v) is 30.6. The van der Waals surface area contributed by atoms with E-state index in [9.17, 15) is 0 Å². The SMILES string of the molecule is c1ccc(-c2cccc(-c3nc(-c4cccc(-c5ccccc5)c4)nc(-c4cccc5c4sc4cc(-c6ccccc6)cc(-c6ccccc6)c45)n3)c2)cc1. The zero-order chi connectivity index (χ0) is 36.6. The minimum Gasteiger partial charge on any atom is -0.208 e. The van der Waals surface area contributed by atoms with Gasteiger partial charge in [-0.1, -0.05) is 170 Å². The van der Waals surface area contributed by atoms with Gasteiger partial charge in [0, 0.05) is 36.9 Å². The Labute approximate surface area is 323 Å². The van der Waals surface area contributed by atoms with Gasteiger partial charge in [0.1, 0.15) is 0 Å². The van der Waals surface area contributed by atoms with Crippen LogP contribution in [0, 0.1) is 0 Å². The lowest BCUT2D eigenvalue weighted by Crippen LogP contribution is -2.00. The van der Waals surface area contributed by atoms with Gasteiger partial charge in [0.2, 0.25) is 0 Å². The molecule has 0 amide bonds. The second kappa shape index (κ2) is 14.1. The summed E-state index contributed by atoms with van der Waals surface area (Å²) in [7, 11) is 0. The highest BCUT2D eigenvalue weighted by atomic mass is 32.1. The van der Waals surface area contributed by atoms with Gasteiger partial charge < -0.3 is 0 Å². The summed E-state index contributed by atoms with van der Waals surface area (Å²) >= 11 is 1.80. The largest absolute Gasteiger partial charge is 0.208 e. The van der Waals surface area contributed by atoms with Gasteiger partial charge >= 0.3 is 0 Å². The molecule has 8 aromatic carbocycles. The highest BCUT2D eigenvalue weighted by Crippen LogP contribution is 2.45. The highest BCUT2D eigenvalue weighted by molar-refractivity contribution is 7.26. The van der Waals surface area contributed by atoms with E-state index < -0.39 is 0 Å². The first-order valence-corrected chi connectivity index (χ1v) is 19.3. The molecule has 0 saturated carbocycles. The molecule has 0 radical (unpaired) electrons. The second-order valence-electron chi connectivity index (χ2n) is 13.6. The van der Waals surface area contributed by atoms with E-state index in [0.717, 1.165) is 43.6 Å². The lowest BCUT2D eigenvalue weighted by molar-refractivity contribution is 1.08. The summed E-state index contributed by atoms with van der Waals surface area (Å²) < 4.78 is 2.38. The molecular formula is C51H33N3S. The number of nitrogens with zero attached hydrogens (tertiary/aromatic N) is 3. The topological polar surface area (TPSA) is 38.7 Å². The Morgan fingerprint density at radius 1 is 0.291 bits per heavy atom. The van der Waals surface area contributed by atoms with Gasteiger partial charge in [0.05, 0.1) is 0 Å². The minimum atomic E-state index is 0.636. The Bertz CT molecular complexity index is 2860. The number of aromatic nitrogens is 3. The van der Waals surface area contributed by atoms with Crippen molar-refractivity contribution in [2.24, 2.45) is 0 Å². The fourth-order valence-corrected chi connectivity index (χ4v) is 8.71. The number of rotatable bonds is 7. The van der Waals surface area contributed by atoms with Crippen LogP contribution in [-0.2, 0) is 0 Å². The molecule has 0 atom stereocenters. The van der Waals surface area contributed by atoms with Crippen molar-refractivity contribution < 1.29 is 0 Å². The average molecular weight is 720 g/mol. The van der Waals surface area contributed by atoms with Crippen molar-refractivity contribution in [3.8, 4) is 78.7 Å². The molecule has 0 aliphatic rings. The monoisotopic (exact) mass is 719 g/mol. The number of hydrogen-bond acceptors (Lipinski definition) is 4. The van der Waals surface area contributed by atoms with Gasteiger partial charge in [-0.2, -0.15) is 0 Å². The summed E-state index contributed by atoms with van der Waals surface area (Å²) in [6.07, 6.45) is 0. The van der Waals surface area contributed by atoms with Crippen molar-refractivity contribution in [2.45, 2.75) is 0 Å². The maximum absolute atomic E-state index is 5.27. The van der Waals surface area contributed by atoms with E-state index in [1.165, 1.54) is 37.7 Å². The smallest absolute Gasteiger partial charge is 0.165 e. The Balaban J connectivity index is 1.20. The van der Waals surface area contributed by atoms with Crippen molar-refractivity contribution in [2.75, 3.05) is 0 Å². The molecule has 0 saturated heterocycles. The summed E-state index contributed by atoms with van der Waals surface area (Å²) in [5.41, 5.74) is 12.2. The van der Waals surface area contributed by atoms with E-state index in [0.29, 0.717) is 17.5 Å². The maximum Gasteiger partial charge on any atom is 0.165 e. The molecule has 3 nitrogen and oxygen atoms in total. The van der Waals surface area contributed by atoms with Crippen LogP contribution in [0.3, 0.4) is 0 Å². The standard InChI is InChI=1S/C51H33N3S/c1-5-16-34(17-6-1)38-24-13-26-40(30-38)49-52-50(41-27-14-25-39(31-41)35-18-7-2-8-19-35)54-51(53-49)44-29-15-28-43-47-45(37-22-11-4-12-23-37)32-42(33-46(47)55-48(43)44)36-20-9-3-10-21-36/h1-33H. The quantitative estimate of drug-likeness (QED) is 0.165. The van der Waals surface area contributed by atoms with Gasteiger partial charge in [-0.3, -0.25) is 0 Å². The highest BCUT2D eigenvalue weighted by Gasteiger charge is 2.20. The normalized spacial score (nSPS) is 11.3. The molecule has 0 fully saturated rings. The number of thiophene rings is 1. The lowest BCUT2D eigenvalue weighted by atomic mass is 9.94. The summed E-state index contributed by atoms with van der Waals surface area (Å²) in [6.45, 7) is 0. The lowest BCUT2D eigenvalue weighted by Gasteiger charge is -2.11. The van der Waals surface area contributed by atoms with Crippen LogP contribution in [0.5, 0.6) is 0 Å². The number of hydrogen-bond donors (Lipinski definition) is 0. The zero-order valence-electron chi connectivity index (χ0n) is 29.8. The van der Waals surface area contributed by atoms with E-state index in [1.807, 2.05) is 12.1 Å². The van der Waals surface area contributed by atoms with Crippen LogP contribution in [0.4, 0.5) is 0 Å². The van der Waals surface area contributed by atoms with Gasteiger partial charge in [-0.05, 0) is 74.8 Å². The maximum atomic E-state index is 5.27. The van der Waals surface area contributed by atoms with Crippen molar-refractivity contribution in [1.29, 1.82) is 0 Å². The van der Waals surface area contributed by atoms with Crippen LogP contribution in [0.15, 0.2) is 200 Å². The third-order valence-corrected chi connectivity index (χ3v) is 11.3. The molecule has 2 heterocycles. The summed E-state index contributed by atoms with van der Waals surface area (Å²) in [6, 6.07) is 70.4. The molecule has 0 N–H and O–H groups in total. The predicted molar refractivity (Wildman–Crippen MR) is 231 cm³/mol. The van der Waals surface area contributed by atoms with E-state index in [1.54, 1.807) is 11.3 Å². The molecule has 55 heavy (non-hydrogen) atoms. The third-order valence-electron chi connectivity index (χ3n) is 10.1. The Morgan fingerprint density at radius 3 is 1.27 bits per heavy atom. The Morgan fingerprint density at radius 2 is 0.727 bits per heavy atom. The van der Waals surface area contributed by atoms with Gasteiger partial charge in [0.25, 0.3) is 0 Å². The van der Waals surface area contributed by atoms with Crippen LogP contribution >= 0.6 is 11.3 Å². The van der Waals surface area contributed by atoms with Crippen molar-refractivity contribution in [1.82, 2.24) is 15.0 Å². The minimum absolute atomic E-state index is 0.636. The molecule has 10 rings (SSSR count). The van der Waals surface area contributed by atoms with E-state index >= 15 is 0 Å². The van der Waals surface area contributed by atoms with Gasteiger partial charge in [-0.15, -0.1) is 11.3 Å². The first kappa shape index (κ1) is 32.6. The fourth-order valence-electron chi connectivity index (χ4n) is 7.44. The molecule has 0 bridgehead atoms. The van der Waals surface area contributed by atoms with Crippen LogP contribution in [-0.4, -0.2) is 15.0 Å². The summed E-state index contributed by atoms with van der Waals surface area (Å²) in [5, 5.41) is 2.44. The van der Waals surface area contributed by atoms with Gasteiger partial charge in [-0.25, -0.2) is 15.0 Å². The molecule has 0 aliphatic heterocycles. The Kier molecular flexibility index (Phi) is 8.36. The fraction of sp³-hybridized carbons (Fsp3) is 0. The molecule has 0 unspecified atom stereocenters. The average Bonchev–Trinajstić information content (AvgIpc) is 3.66. The van der Waals surface area contributed by atoms with E-state index in [2.05, 4.69) is 188 Å². The number of fused-ring (bicyclic) bond motifs is 3. The summed E-state index contributed by atoms with van der Waals surface area (Å²) in [5.74, 6) is 1.92. The third kappa shape index (κ3) is 6.29. The first-order chi connectivity index (χ1) is 27.2. The molecule has 0 spiro atoms. The molecule has 2 aromatic heterocycles. The van der Waals surface area contributed by atoms with E-state index in [4.69, 9.17) is 15.0 Å². The van der Waals surface area contributed by atoms with Crippen LogP contribution in [0.1, 0.15) is 0 Å². The van der Waals surface area contributed by atoms with Crippen LogP contribution in [0.25, 0.3) is 98.8 Å². The molecule has 10 aromatic rings.